The molecular weight excluding hydrogens is 192 g/mol. The standard InChI is InChI=1S/C7H6N4O.ClH/c8-6(12)4-1-5-3-10-11-7(5)9-2-4;/h2-3H,1H2,(H2,8,12);1H. The Kier molecular flexibility index (Phi) is 2.57. The average Bonchev–Trinajstić information content (AvgIpc) is 2.49. The van der Waals surface area contributed by atoms with Gasteiger partial charge in [0.1, 0.15) is 0 Å². The molecule has 0 saturated carbocycles. The third kappa shape index (κ3) is 1.65. The predicted octanol–water partition coefficient (Wildman–Crippen LogP) is 0.929. The molecule has 0 aliphatic carbocycles. The number of halogens is 1. The molecule has 0 aromatic heterocycles. The number of primary amides is 1. The summed E-state index contributed by atoms with van der Waals surface area (Å²) >= 11 is 0. The number of carbonyl (C=O) groups is 1. The number of hydrogen-bond acceptors (Lipinski definition) is 4. The van der Waals surface area contributed by atoms with E-state index in [-0.39, 0.29) is 12.4 Å². The highest BCUT2D eigenvalue weighted by Crippen LogP contribution is 2.22. The quantitative estimate of drug-likeness (QED) is 0.668. The Hall–Kier alpha value is -1.49. The Morgan fingerprint density at radius 2 is 2.23 bits per heavy atom. The van der Waals surface area contributed by atoms with Gasteiger partial charge in [0, 0.05) is 23.8 Å². The first-order valence-corrected chi connectivity index (χ1v) is 3.44. The summed E-state index contributed by atoms with van der Waals surface area (Å²) in [4.78, 5) is 14.7. The number of hydrogen-bond donors (Lipinski definition) is 1. The maximum Gasteiger partial charge on any atom is 0.246 e. The molecule has 0 atom stereocenters. The van der Waals surface area contributed by atoms with E-state index in [1.807, 2.05) is 0 Å². The van der Waals surface area contributed by atoms with Gasteiger partial charge in [-0.2, -0.15) is 5.11 Å². The molecule has 0 saturated heterocycles. The fraction of sp³-hybridized carbons (Fsp3) is 0.143. The van der Waals surface area contributed by atoms with Crippen LogP contribution in [-0.4, -0.2) is 11.7 Å². The van der Waals surface area contributed by atoms with Gasteiger partial charge in [0.2, 0.25) is 5.91 Å². The van der Waals surface area contributed by atoms with Gasteiger partial charge in [-0.05, 0) is 0 Å². The maximum absolute atomic E-state index is 10.7. The van der Waals surface area contributed by atoms with Crippen LogP contribution in [0, 0.1) is 0 Å². The van der Waals surface area contributed by atoms with E-state index in [2.05, 4.69) is 15.2 Å². The fourth-order valence-corrected chi connectivity index (χ4v) is 1.05. The molecule has 2 heterocycles. The first-order chi connectivity index (χ1) is 5.77. The minimum atomic E-state index is -0.439. The number of amides is 1. The van der Waals surface area contributed by atoms with E-state index >= 15 is 0 Å². The monoisotopic (exact) mass is 198 g/mol. The van der Waals surface area contributed by atoms with Gasteiger partial charge in [0.25, 0.3) is 0 Å². The van der Waals surface area contributed by atoms with Crippen molar-refractivity contribution in [1.29, 1.82) is 0 Å². The van der Waals surface area contributed by atoms with Crippen LogP contribution in [0.2, 0.25) is 0 Å². The van der Waals surface area contributed by atoms with Gasteiger partial charge < -0.3 is 5.73 Å². The van der Waals surface area contributed by atoms with E-state index < -0.39 is 5.91 Å². The Morgan fingerprint density at radius 1 is 1.46 bits per heavy atom. The number of carbonyl (C=O) groups excluding carboxylic acids is 1. The van der Waals surface area contributed by atoms with Crippen LogP contribution < -0.4 is 5.73 Å². The third-order valence-corrected chi connectivity index (χ3v) is 1.69. The van der Waals surface area contributed by atoms with Gasteiger partial charge >= 0.3 is 0 Å². The van der Waals surface area contributed by atoms with Crippen LogP contribution in [0.25, 0.3) is 0 Å². The molecule has 0 unspecified atom stereocenters. The average molecular weight is 199 g/mol. The molecule has 2 aliphatic rings. The molecule has 6 heteroatoms. The molecule has 0 radical (unpaired) electrons. The molecule has 68 valence electrons. The maximum atomic E-state index is 10.7. The second kappa shape index (κ2) is 3.49. The van der Waals surface area contributed by atoms with E-state index in [4.69, 9.17) is 5.73 Å². The van der Waals surface area contributed by atoms with E-state index in [1.54, 1.807) is 6.20 Å². The van der Waals surface area contributed by atoms with Crippen molar-refractivity contribution in [3.8, 4) is 0 Å². The number of amidine groups is 1. The van der Waals surface area contributed by atoms with Crippen LogP contribution in [-0.2, 0) is 4.79 Å². The van der Waals surface area contributed by atoms with Crippen LogP contribution in [0.5, 0.6) is 0 Å². The molecule has 2 N–H and O–H groups in total. The summed E-state index contributed by atoms with van der Waals surface area (Å²) in [5.74, 6) is 0.144. The highest BCUT2D eigenvalue weighted by Gasteiger charge is 2.19. The number of aliphatic imine (C=N–C) groups is 1. The SMILES string of the molecule is Cl.NC(=O)C1=CN=C2N=NC=C2C1. The summed E-state index contributed by atoms with van der Waals surface area (Å²) in [6.45, 7) is 0. The van der Waals surface area contributed by atoms with Crippen LogP contribution >= 0.6 is 12.4 Å². The van der Waals surface area contributed by atoms with Crippen LogP contribution in [0.4, 0.5) is 0 Å². The van der Waals surface area contributed by atoms with Crippen molar-refractivity contribution < 1.29 is 4.79 Å². The van der Waals surface area contributed by atoms with E-state index in [9.17, 15) is 4.79 Å². The first kappa shape index (κ1) is 9.60. The zero-order valence-corrected chi connectivity index (χ0v) is 7.41. The summed E-state index contributed by atoms with van der Waals surface area (Å²) in [5, 5.41) is 7.41. The summed E-state index contributed by atoms with van der Waals surface area (Å²) in [7, 11) is 0. The van der Waals surface area contributed by atoms with Gasteiger partial charge in [0.05, 0.1) is 6.20 Å². The summed E-state index contributed by atoms with van der Waals surface area (Å²) < 4.78 is 0. The number of nitrogens with zero attached hydrogens (tertiary/aromatic N) is 3. The summed E-state index contributed by atoms with van der Waals surface area (Å²) in [5.41, 5.74) is 6.44. The fourth-order valence-electron chi connectivity index (χ4n) is 1.05. The Labute approximate surface area is 80.5 Å². The van der Waals surface area contributed by atoms with Gasteiger partial charge in [-0.15, -0.1) is 17.5 Å². The first-order valence-electron chi connectivity index (χ1n) is 3.44. The zero-order chi connectivity index (χ0) is 8.55. The van der Waals surface area contributed by atoms with Crippen molar-refractivity contribution in [3.05, 3.63) is 23.5 Å². The molecular formula is C7H7ClN4O. The van der Waals surface area contributed by atoms with E-state index in [0.717, 1.165) is 5.57 Å². The molecule has 0 bridgehead atoms. The normalized spacial score (nSPS) is 18.0. The number of fused-ring (bicyclic) bond motifs is 1. The number of nitrogens with two attached hydrogens (primary N) is 1. The van der Waals surface area contributed by atoms with Gasteiger partial charge in [0.15, 0.2) is 5.84 Å². The van der Waals surface area contributed by atoms with Crippen LogP contribution in [0.15, 0.2) is 38.8 Å². The molecule has 0 aromatic rings. The lowest BCUT2D eigenvalue weighted by Crippen LogP contribution is -2.17. The van der Waals surface area contributed by atoms with Crippen molar-refractivity contribution in [1.82, 2.24) is 0 Å². The minimum Gasteiger partial charge on any atom is -0.366 e. The predicted molar refractivity (Wildman–Crippen MR) is 49.5 cm³/mol. The van der Waals surface area contributed by atoms with Gasteiger partial charge in [-0.25, -0.2) is 4.99 Å². The van der Waals surface area contributed by atoms with E-state index in [0.29, 0.717) is 17.8 Å². The number of rotatable bonds is 1. The Morgan fingerprint density at radius 3 is 2.92 bits per heavy atom. The molecule has 0 fully saturated rings. The molecule has 13 heavy (non-hydrogen) atoms. The van der Waals surface area contributed by atoms with Crippen LogP contribution in [0.3, 0.4) is 0 Å². The molecule has 2 rings (SSSR count). The number of azo groups is 1. The van der Waals surface area contributed by atoms with E-state index in [1.165, 1.54) is 6.20 Å². The second-order valence-electron chi connectivity index (χ2n) is 2.52. The lowest BCUT2D eigenvalue weighted by atomic mass is 10.0. The largest absolute Gasteiger partial charge is 0.366 e. The Balaban J connectivity index is 0.000000845. The third-order valence-electron chi connectivity index (χ3n) is 1.69. The smallest absolute Gasteiger partial charge is 0.246 e. The van der Waals surface area contributed by atoms with Crippen LogP contribution in [0.1, 0.15) is 6.42 Å². The van der Waals surface area contributed by atoms with Gasteiger partial charge in [-0.1, -0.05) is 0 Å². The second-order valence-corrected chi connectivity index (χ2v) is 2.52. The molecule has 0 aromatic carbocycles. The van der Waals surface area contributed by atoms with Crippen molar-refractivity contribution in [3.63, 3.8) is 0 Å². The lowest BCUT2D eigenvalue weighted by Gasteiger charge is -2.06. The topological polar surface area (TPSA) is 80.2 Å². The Bertz CT molecular complexity index is 367. The molecule has 2 aliphatic heterocycles. The van der Waals surface area contributed by atoms with Crippen molar-refractivity contribution in [2.45, 2.75) is 6.42 Å². The minimum absolute atomic E-state index is 0. The molecule has 1 amide bonds. The van der Waals surface area contributed by atoms with Crippen molar-refractivity contribution in [2.24, 2.45) is 21.0 Å². The zero-order valence-electron chi connectivity index (χ0n) is 6.60. The molecule has 0 spiro atoms. The lowest BCUT2D eigenvalue weighted by molar-refractivity contribution is -0.114. The van der Waals surface area contributed by atoms with Crippen molar-refractivity contribution >= 4 is 24.1 Å². The van der Waals surface area contributed by atoms with Gasteiger partial charge in [-0.3, -0.25) is 4.79 Å². The highest BCUT2D eigenvalue weighted by molar-refractivity contribution is 6.05. The summed E-state index contributed by atoms with van der Waals surface area (Å²) in [6, 6.07) is 0. The highest BCUT2D eigenvalue weighted by atomic mass is 35.5. The molecule has 5 nitrogen and oxygen atoms in total. The summed E-state index contributed by atoms with van der Waals surface area (Å²) in [6.07, 6.45) is 3.52. The van der Waals surface area contributed by atoms with Crippen molar-refractivity contribution in [2.75, 3.05) is 0 Å².